The van der Waals surface area contributed by atoms with Crippen molar-refractivity contribution in [1.29, 1.82) is 0 Å². The molecule has 0 radical (unpaired) electrons. The molecule has 2 heteroatoms. The van der Waals surface area contributed by atoms with Crippen LogP contribution in [0.2, 0.25) is 0 Å². The van der Waals surface area contributed by atoms with Gasteiger partial charge in [-0.05, 0) is 48.6 Å². The van der Waals surface area contributed by atoms with Crippen molar-refractivity contribution >= 4 is 10.9 Å². The first-order valence-electron chi connectivity index (χ1n) is 7.08. The molecule has 3 aromatic rings. The van der Waals surface area contributed by atoms with Crippen LogP contribution in [-0.4, -0.2) is 4.98 Å². The summed E-state index contributed by atoms with van der Waals surface area (Å²) in [6, 6.07) is 17.8. The lowest BCUT2D eigenvalue weighted by atomic mass is 10.1. The molecule has 1 heterocycles. The Hall–Kier alpha value is -2.06. The standard InChI is InChI=1S/C18H20N2/c1-13-3-6-16(7-4-13)14(2)20-12-15-5-8-18-17(11-15)9-10-19-18/h3-11,14,19-20H,12H2,1-2H3/t14-/m1/s1. The summed E-state index contributed by atoms with van der Waals surface area (Å²) in [4.78, 5) is 3.22. The third kappa shape index (κ3) is 2.75. The molecule has 0 fully saturated rings. The second kappa shape index (κ2) is 5.51. The van der Waals surface area contributed by atoms with E-state index in [4.69, 9.17) is 0 Å². The van der Waals surface area contributed by atoms with Crippen molar-refractivity contribution in [2.75, 3.05) is 0 Å². The number of aromatic nitrogens is 1. The first-order chi connectivity index (χ1) is 9.72. The average molecular weight is 264 g/mol. The van der Waals surface area contributed by atoms with Crippen molar-refractivity contribution in [2.45, 2.75) is 26.4 Å². The minimum absolute atomic E-state index is 0.359. The number of rotatable bonds is 4. The van der Waals surface area contributed by atoms with Gasteiger partial charge < -0.3 is 10.3 Å². The fourth-order valence-corrected chi connectivity index (χ4v) is 2.46. The number of hydrogen-bond acceptors (Lipinski definition) is 1. The van der Waals surface area contributed by atoms with Crippen LogP contribution in [0.3, 0.4) is 0 Å². The van der Waals surface area contributed by atoms with Crippen molar-refractivity contribution in [3.05, 3.63) is 71.4 Å². The van der Waals surface area contributed by atoms with Crippen LogP contribution in [0.4, 0.5) is 0 Å². The van der Waals surface area contributed by atoms with Crippen LogP contribution < -0.4 is 5.32 Å². The fourth-order valence-electron chi connectivity index (χ4n) is 2.46. The normalized spacial score (nSPS) is 12.7. The number of aromatic amines is 1. The number of aryl methyl sites for hydroxylation is 1. The molecule has 0 spiro atoms. The number of H-pyrrole nitrogens is 1. The van der Waals surface area contributed by atoms with E-state index in [2.05, 4.69) is 72.7 Å². The molecular weight excluding hydrogens is 244 g/mol. The molecule has 0 unspecified atom stereocenters. The van der Waals surface area contributed by atoms with Crippen LogP contribution in [0.5, 0.6) is 0 Å². The Morgan fingerprint density at radius 3 is 2.65 bits per heavy atom. The van der Waals surface area contributed by atoms with Gasteiger partial charge in [0.2, 0.25) is 0 Å². The van der Waals surface area contributed by atoms with E-state index in [0.717, 1.165) is 6.54 Å². The highest BCUT2D eigenvalue weighted by Gasteiger charge is 2.05. The second-order valence-electron chi connectivity index (χ2n) is 5.41. The summed E-state index contributed by atoms with van der Waals surface area (Å²) in [6.45, 7) is 5.21. The average Bonchev–Trinajstić information content (AvgIpc) is 2.93. The highest BCUT2D eigenvalue weighted by Crippen LogP contribution is 2.17. The van der Waals surface area contributed by atoms with E-state index in [1.165, 1.54) is 27.6 Å². The van der Waals surface area contributed by atoms with E-state index in [-0.39, 0.29) is 0 Å². The second-order valence-corrected chi connectivity index (χ2v) is 5.41. The molecule has 1 atom stereocenters. The molecular formula is C18H20N2. The van der Waals surface area contributed by atoms with Gasteiger partial charge in [-0.3, -0.25) is 0 Å². The maximum absolute atomic E-state index is 3.58. The zero-order valence-electron chi connectivity index (χ0n) is 12.0. The van der Waals surface area contributed by atoms with Gasteiger partial charge in [0, 0.05) is 24.3 Å². The Morgan fingerprint density at radius 1 is 1.05 bits per heavy atom. The predicted octanol–water partition coefficient (Wildman–Crippen LogP) is 4.33. The van der Waals surface area contributed by atoms with Gasteiger partial charge in [0.25, 0.3) is 0 Å². The van der Waals surface area contributed by atoms with Crippen molar-refractivity contribution in [3.8, 4) is 0 Å². The number of hydrogen-bond donors (Lipinski definition) is 2. The van der Waals surface area contributed by atoms with Crippen molar-refractivity contribution < 1.29 is 0 Å². The molecule has 2 nitrogen and oxygen atoms in total. The third-order valence-electron chi connectivity index (χ3n) is 3.81. The maximum Gasteiger partial charge on any atom is 0.0454 e. The lowest BCUT2D eigenvalue weighted by Gasteiger charge is -2.14. The monoisotopic (exact) mass is 264 g/mol. The van der Waals surface area contributed by atoms with E-state index in [9.17, 15) is 0 Å². The largest absolute Gasteiger partial charge is 0.361 e. The zero-order valence-corrected chi connectivity index (χ0v) is 12.0. The SMILES string of the molecule is Cc1ccc([C@@H](C)NCc2ccc3[nH]ccc3c2)cc1. The number of benzene rings is 2. The minimum atomic E-state index is 0.359. The molecule has 0 bridgehead atoms. The molecule has 2 N–H and O–H groups in total. The Labute approximate surface area is 119 Å². The Morgan fingerprint density at radius 2 is 1.85 bits per heavy atom. The topological polar surface area (TPSA) is 27.8 Å². The highest BCUT2D eigenvalue weighted by molar-refractivity contribution is 5.79. The van der Waals surface area contributed by atoms with Gasteiger partial charge >= 0.3 is 0 Å². The summed E-state index contributed by atoms with van der Waals surface area (Å²) in [5, 5.41) is 4.85. The van der Waals surface area contributed by atoms with Crippen LogP contribution >= 0.6 is 0 Å². The summed E-state index contributed by atoms with van der Waals surface area (Å²) in [6.07, 6.45) is 1.98. The van der Waals surface area contributed by atoms with Gasteiger partial charge in [0.1, 0.15) is 0 Å². The van der Waals surface area contributed by atoms with Crippen LogP contribution in [0.1, 0.15) is 29.7 Å². The van der Waals surface area contributed by atoms with Gasteiger partial charge in [-0.15, -0.1) is 0 Å². The smallest absolute Gasteiger partial charge is 0.0454 e. The molecule has 0 saturated carbocycles. The lowest BCUT2D eigenvalue weighted by Crippen LogP contribution is -2.17. The molecule has 3 rings (SSSR count). The summed E-state index contributed by atoms with van der Waals surface area (Å²) in [5.74, 6) is 0. The van der Waals surface area contributed by atoms with Crippen molar-refractivity contribution in [2.24, 2.45) is 0 Å². The van der Waals surface area contributed by atoms with Gasteiger partial charge in [0.05, 0.1) is 0 Å². The van der Waals surface area contributed by atoms with Gasteiger partial charge in [-0.25, -0.2) is 0 Å². The van der Waals surface area contributed by atoms with E-state index < -0.39 is 0 Å². The molecule has 102 valence electrons. The van der Waals surface area contributed by atoms with Crippen molar-refractivity contribution in [1.82, 2.24) is 10.3 Å². The lowest BCUT2D eigenvalue weighted by molar-refractivity contribution is 0.575. The van der Waals surface area contributed by atoms with Crippen molar-refractivity contribution in [3.63, 3.8) is 0 Å². The highest BCUT2D eigenvalue weighted by atomic mass is 14.9. The predicted molar refractivity (Wildman–Crippen MR) is 84.7 cm³/mol. The molecule has 0 aliphatic heterocycles. The minimum Gasteiger partial charge on any atom is -0.361 e. The molecule has 0 saturated heterocycles. The molecule has 0 aliphatic carbocycles. The summed E-state index contributed by atoms with van der Waals surface area (Å²) < 4.78 is 0. The summed E-state index contributed by atoms with van der Waals surface area (Å²) in [5.41, 5.74) is 5.15. The third-order valence-corrected chi connectivity index (χ3v) is 3.81. The van der Waals surface area contributed by atoms with Gasteiger partial charge in [-0.1, -0.05) is 35.9 Å². The summed E-state index contributed by atoms with van der Waals surface area (Å²) in [7, 11) is 0. The molecule has 0 aliphatic rings. The number of nitrogens with one attached hydrogen (secondary N) is 2. The van der Waals surface area contributed by atoms with E-state index >= 15 is 0 Å². The van der Waals surface area contributed by atoms with Gasteiger partial charge in [0.15, 0.2) is 0 Å². The first kappa shape index (κ1) is 12.9. The molecule has 2 aromatic carbocycles. The van der Waals surface area contributed by atoms with Crippen LogP contribution in [0.25, 0.3) is 10.9 Å². The van der Waals surface area contributed by atoms with Crippen LogP contribution in [0, 0.1) is 6.92 Å². The maximum atomic E-state index is 3.58. The van der Waals surface area contributed by atoms with E-state index in [0.29, 0.717) is 6.04 Å². The fraction of sp³-hybridized carbons (Fsp3) is 0.222. The summed E-state index contributed by atoms with van der Waals surface area (Å²) >= 11 is 0. The van der Waals surface area contributed by atoms with E-state index in [1.807, 2.05) is 6.20 Å². The zero-order chi connectivity index (χ0) is 13.9. The Bertz CT molecular complexity index is 695. The van der Waals surface area contributed by atoms with E-state index in [1.54, 1.807) is 0 Å². The quantitative estimate of drug-likeness (QED) is 0.721. The Balaban J connectivity index is 1.67. The Kier molecular flexibility index (Phi) is 3.57. The van der Waals surface area contributed by atoms with Crippen LogP contribution in [-0.2, 0) is 6.54 Å². The number of fused-ring (bicyclic) bond motifs is 1. The molecule has 1 aromatic heterocycles. The van der Waals surface area contributed by atoms with Crippen LogP contribution in [0.15, 0.2) is 54.7 Å². The van der Waals surface area contributed by atoms with Gasteiger partial charge in [-0.2, -0.15) is 0 Å². The first-order valence-corrected chi connectivity index (χ1v) is 7.08. The molecule has 0 amide bonds. The molecule has 20 heavy (non-hydrogen) atoms.